The van der Waals surface area contributed by atoms with E-state index in [9.17, 15) is 4.79 Å². The molecule has 0 aliphatic carbocycles. The maximum absolute atomic E-state index is 12.4. The Balaban J connectivity index is 1.36. The number of ether oxygens (including phenoxy) is 1. The lowest BCUT2D eigenvalue weighted by Gasteiger charge is -2.06. The lowest BCUT2D eigenvalue weighted by atomic mass is 10.0. The van der Waals surface area contributed by atoms with Crippen LogP contribution in [0.3, 0.4) is 0 Å². The molecule has 29 heavy (non-hydrogen) atoms. The third kappa shape index (κ3) is 4.43. The van der Waals surface area contributed by atoms with E-state index < -0.39 is 0 Å². The minimum atomic E-state index is -0.220. The van der Waals surface area contributed by atoms with Crippen LogP contribution in [0.4, 0.5) is 0 Å². The number of nitrogens with one attached hydrogen (secondary N) is 1. The van der Waals surface area contributed by atoms with Crippen molar-refractivity contribution in [2.75, 3.05) is 13.7 Å². The fourth-order valence-electron chi connectivity index (χ4n) is 3.29. The smallest absolute Gasteiger partial charge is 0.273 e. The molecule has 3 aromatic carbocycles. The van der Waals surface area contributed by atoms with Gasteiger partial charge < -0.3 is 10.1 Å². The first-order chi connectivity index (χ1) is 14.2. The van der Waals surface area contributed by atoms with Crippen LogP contribution in [0, 0.1) is 0 Å². The fourth-order valence-corrected chi connectivity index (χ4v) is 3.29. The highest BCUT2D eigenvalue weighted by Gasteiger charge is 2.11. The minimum absolute atomic E-state index is 0.220. The van der Waals surface area contributed by atoms with Crippen LogP contribution in [0.2, 0.25) is 0 Å². The molecule has 0 aliphatic rings. The number of hydrogen-bond acceptors (Lipinski definition) is 4. The Hall–Kier alpha value is -3.67. The van der Waals surface area contributed by atoms with Gasteiger partial charge in [-0.05, 0) is 40.5 Å². The third-order valence-corrected chi connectivity index (χ3v) is 4.84. The highest BCUT2D eigenvalue weighted by molar-refractivity contribution is 5.91. The molecule has 1 aromatic heterocycles. The molecule has 4 rings (SSSR count). The van der Waals surface area contributed by atoms with Gasteiger partial charge in [-0.2, -0.15) is 0 Å². The lowest BCUT2D eigenvalue weighted by molar-refractivity contribution is 0.0949. The predicted octanol–water partition coefficient (Wildman–Crippen LogP) is 3.46. The molecule has 4 aromatic rings. The van der Waals surface area contributed by atoms with E-state index in [0.717, 1.165) is 23.3 Å². The van der Waals surface area contributed by atoms with Crippen molar-refractivity contribution in [2.24, 2.45) is 0 Å². The van der Waals surface area contributed by atoms with Crippen molar-refractivity contribution in [3.05, 3.63) is 89.7 Å². The first-order valence-corrected chi connectivity index (χ1v) is 9.51. The van der Waals surface area contributed by atoms with E-state index in [-0.39, 0.29) is 5.91 Å². The van der Waals surface area contributed by atoms with Crippen molar-refractivity contribution in [3.8, 4) is 5.75 Å². The van der Waals surface area contributed by atoms with Crippen molar-refractivity contribution < 1.29 is 9.53 Å². The third-order valence-electron chi connectivity index (χ3n) is 4.84. The van der Waals surface area contributed by atoms with Gasteiger partial charge in [0.1, 0.15) is 5.75 Å². The molecule has 0 saturated heterocycles. The van der Waals surface area contributed by atoms with Crippen LogP contribution >= 0.6 is 0 Å². The van der Waals surface area contributed by atoms with Crippen molar-refractivity contribution in [2.45, 2.75) is 13.0 Å². The summed E-state index contributed by atoms with van der Waals surface area (Å²) in [6.07, 6.45) is 2.42. The Morgan fingerprint density at radius 2 is 1.83 bits per heavy atom. The monoisotopic (exact) mass is 386 g/mol. The Bertz CT molecular complexity index is 1110. The van der Waals surface area contributed by atoms with Gasteiger partial charge >= 0.3 is 0 Å². The average molecular weight is 386 g/mol. The summed E-state index contributed by atoms with van der Waals surface area (Å²) in [6.45, 7) is 1.09. The number of benzene rings is 3. The Kier molecular flexibility index (Phi) is 5.52. The van der Waals surface area contributed by atoms with Crippen molar-refractivity contribution in [3.63, 3.8) is 0 Å². The van der Waals surface area contributed by atoms with E-state index >= 15 is 0 Å². The molecular formula is C23H22N4O2. The van der Waals surface area contributed by atoms with Crippen LogP contribution in [-0.2, 0) is 13.0 Å². The van der Waals surface area contributed by atoms with Gasteiger partial charge in [0.15, 0.2) is 5.69 Å². The maximum Gasteiger partial charge on any atom is 0.273 e. The number of fused-ring (bicyclic) bond motifs is 1. The molecule has 0 fully saturated rings. The van der Waals surface area contributed by atoms with Gasteiger partial charge in [-0.25, -0.2) is 4.68 Å². The molecular weight excluding hydrogens is 364 g/mol. The zero-order chi connectivity index (χ0) is 20.1. The molecule has 1 N–H and O–H groups in total. The summed E-state index contributed by atoms with van der Waals surface area (Å²) in [4.78, 5) is 12.4. The predicted molar refractivity (Wildman–Crippen MR) is 112 cm³/mol. The second kappa shape index (κ2) is 8.56. The minimum Gasteiger partial charge on any atom is -0.497 e. The van der Waals surface area contributed by atoms with Crippen molar-refractivity contribution >= 4 is 16.7 Å². The van der Waals surface area contributed by atoms with E-state index in [1.54, 1.807) is 18.0 Å². The molecule has 1 amide bonds. The molecule has 0 unspecified atom stereocenters. The average Bonchev–Trinajstić information content (AvgIpc) is 3.23. The summed E-state index contributed by atoms with van der Waals surface area (Å²) in [5.74, 6) is 0.600. The summed E-state index contributed by atoms with van der Waals surface area (Å²) in [5.41, 5.74) is 2.59. The maximum atomic E-state index is 12.4. The zero-order valence-corrected chi connectivity index (χ0v) is 16.2. The normalized spacial score (nSPS) is 10.8. The van der Waals surface area contributed by atoms with E-state index in [2.05, 4.69) is 39.9 Å². The number of aromatic nitrogens is 3. The molecule has 6 heteroatoms. The van der Waals surface area contributed by atoms with E-state index in [1.165, 1.54) is 10.8 Å². The molecule has 0 atom stereocenters. The van der Waals surface area contributed by atoms with Crippen molar-refractivity contribution in [1.29, 1.82) is 0 Å². The summed E-state index contributed by atoms with van der Waals surface area (Å²) in [6, 6.07) is 22.2. The standard InChI is InChI=1S/C23H22N4O2/c1-29-20-11-9-17(10-12-20)13-14-24-23(28)22-16-27(26-25-22)15-19-7-4-6-18-5-2-3-8-21(18)19/h2-12,16H,13-15H2,1H3,(H,24,28). The number of carbonyl (C=O) groups is 1. The first-order valence-electron chi connectivity index (χ1n) is 9.51. The van der Waals surface area contributed by atoms with Crippen LogP contribution in [0.5, 0.6) is 5.75 Å². The number of carbonyl (C=O) groups excluding carboxylic acids is 1. The Morgan fingerprint density at radius 1 is 1.03 bits per heavy atom. The summed E-state index contributed by atoms with van der Waals surface area (Å²) in [5, 5.41) is 13.4. The molecule has 0 aliphatic heterocycles. The molecule has 1 heterocycles. The van der Waals surface area contributed by atoms with Gasteiger partial charge in [-0.3, -0.25) is 4.79 Å². The van der Waals surface area contributed by atoms with Crippen molar-refractivity contribution in [1.82, 2.24) is 20.3 Å². The molecule has 0 bridgehead atoms. The number of nitrogens with zero attached hydrogens (tertiary/aromatic N) is 3. The van der Waals surface area contributed by atoms with Gasteiger partial charge in [0.05, 0.1) is 19.9 Å². The largest absolute Gasteiger partial charge is 0.497 e. The fraction of sp³-hybridized carbons (Fsp3) is 0.174. The van der Waals surface area contributed by atoms with E-state index in [1.807, 2.05) is 42.5 Å². The zero-order valence-electron chi connectivity index (χ0n) is 16.2. The number of hydrogen-bond donors (Lipinski definition) is 1. The van der Waals surface area contributed by atoms with Gasteiger partial charge in [0.25, 0.3) is 5.91 Å². The molecule has 0 spiro atoms. The SMILES string of the molecule is COc1ccc(CCNC(=O)c2cn(Cc3cccc4ccccc34)nn2)cc1. The van der Waals surface area contributed by atoms with Crippen LogP contribution in [0.15, 0.2) is 72.9 Å². The van der Waals surface area contributed by atoms with Gasteiger partial charge in [0, 0.05) is 6.54 Å². The molecule has 0 radical (unpaired) electrons. The topological polar surface area (TPSA) is 69.0 Å². The quantitative estimate of drug-likeness (QED) is 0.528. The van der Waals surface area contributed by atoms with Gasteiger partial charge in [-0.15, -0.1) is 5.10 Å². The molecule has 6 nitrogen and oxygen atoms in total. The summed E-state index contributed by atoms with van der Waals surface area (Å²) >= 11 is 0. The lowest BCUT2D eigenvalue weighted by Crippen LogP contribution is -2.26. The van der Waals surface area contributed by atoms with Gasteiger partial charge in [-0.1, -0.05) is 59.8 Å². The number of methoxy groups -OCH3 is 1. The second-order valence-electron chi connectivity index (χ2n) is 6.79. The number of amides is 1. The Morgan fingerprint density at radius 3 is 2.66 bits per heavy atom. The van der Waals surface area contributed by atoms with E-state index in [4.69, 9.17) is 4.74 Å². The van der Waals surface area contributed by atoms with Crippen LogP contribution < -0.4 is 10.1 Å². The number of rotatable bonds is 7. The van der Waals surface area contributed by atoms with Crippen LogP contribution in [0.1, 0.15) is 21.6 Å². The highest BCUT2D eigenvalue weighted by Crippen LogP contribution is 2.19. The first kappa shape index (κ1) is 18.7. The van der Waals surface area contributed by atoms with E-state index in [0.29, 0.717) is 18.8 Å². The Labute approximate surface area is 169 Å². The second-order valence-corrected chi connectivity index (χ2v) is 6.79. The highest BCUT2D eigenvalue weighted by atomic mass is 16.5. The molecule has 0 saturated carbocycles. The van der Waals surface area contributed by atoms with Crippen LogP contribution in [-0.4, -0.2) is 34.6 Å². The van der Waals surface area contributed by atoms with Crippen LogP contribution in [0.25, 0.3) is 10.8 Å². The summed E-state index contributed by atoms with van der Waals surface area (Å²) in [7, 11) is 1.64. The molecule has 146 valence electrons. The summed E-state index contributed by atoms with van der Waals surface area (Å²) < 4.78 is 6.85. The van der Waals surface area contributed by atoms with Gasteiger partial charge in [0.2, 0.25) is 0 Å².